The first kappa shape index (κ1) is 18.9. The van der Waals surface area contributed by atoms with Crippen molar-refractivity contribution in [3.05, 3.63) is 29.8 Å². The summed E-state index contributed by atoms with van der Waals surface area (Å²) in [5.41, 5.74) is -0.378. The average Bonchev–Trinajstić information content (AvgIpc) is 2.57. The third-order valence-corrected chi connectivity index (χ3v) is 5.72. The zero-order valence-corrected chi connectivity index (χ0v) is 15.2. The lowest BCUT2D eigenvalue weighted by atomic mass is 9.76. The predicted octanol–water partition coefficient (Wildman–Crippen LogP) is 5.70. The summed E-state index contributed by atoms with van der Waals surface area (Å²) in [6.07, 6.45) is 5.86. The van der Waals surface area contributed by atoms with E-state index < -0.39 is 17.0 Å². The number of carbonyl (C=O) groups is 1. The van der Waals surface area contributed by atoms with E-state index in [4.69, 9.17) is 0 Å². The lowest BCUT2D eigenvalue weighted by molar-refractivity contribution is -0.129. The van der Waals surface area contributed by atoms with Crippen molar-refractivity contribution in [2.45, 2.75) is 72.3 Å². The van der Waals surface area contributed by atoms with E-state index in [9.17, 15) is 13.6 Å². The van der Waals surface area contributed by atoms with Gasteiger partial charge in [-0.15, -0.1) is 0 Å². The fraction of sp³-hybridized carbons (Fsp3) is 0.650. The highest BCUT2D eigenvalue weighted by molar-refractivity contribution is 5.98. The van der Waals surface area contributed by atoms with Gasteiger partial charge < -0.3 is 4.90 Å². The summed E-state index contributed by atoms with van der Waals surface area (Å²) in [5, 5.41) is 0. The molecule has 1 fully saturated rings. The van der Waals surface area contributed by atoms with Crippen molar-refractivity contribution >= 4 is 11.6 Å². The molecule has 0 N–H and O–H groups in total. The number of nitrogens with zero attached hydrogens (tertiary/aromatic N) is 1. The molecule has 24 heavy (non-hydrogen) atoms. The van der Waals surface area contributed by atoms with E-state index in [1.807, 2.05) is 13.8 Å². The number of hydrogen-bond donors (Lipinski definition) is 0. The second-order valence-electron chi connectivity index (χ2n) is 7.59. The van der Waals surface area contributed by atoms with E-state index in [0.717, 1.165) is 44.6 Å². The number of anilines is 1. The Balaban J connectivity index is 2.44. The largest absolute Gasteiger partial charge is 0.306 e. The fourth-order valence-corrected chi connectivity index (χ4v) is 3.52. The van der Waals surface area contributed by atoms with Crippen LogP contribution in [0.15, 0.2) is 18.2 Å². The maximum atomic E-state index is 14.5. The molecule has 0 spiro atoms. The molecule has 1 atom stereocenters. The minimum absolute atomic E-state index is 0.00505. The number of halogens is 2. The van der Waals surface area contributed by atoms with Crippen LogP contribution in [0.5, 0.6) is 0 Å². The van der Waals surface area contributed by atoms with Crippen LogP contribution < -0.4 is 4.90 Å². The van der Waals surface area contributed by atoms with Crippen molar-refractivity contribution in [1.82, 2.24) is 0 Å². The monoisotopic (exact) mass is 337 g/mol. The molecule has 0 aromatic heterocycles. The zero-order chi connectivity index (χ0) is 17.9. The van der Waals surface area contributed by atoms with Gasteiger partial charge >= 0.3 is 0 Å². The van der Waals surface area contributed by atoms with E-state index >= 15 is 0 Å². The standard InChI is InChI=1S/C20H29F2NO/c1-5-14(2)20(3,4)19(24)23(16-9-7-6-8-10-16)18-12-11-15(21)13-17(18)22/h11-14,16H,5-10H2,1-4H3. The number of rotatable bonds is 5. The van der Waals surface area contributed by atoms with Gasteiger partial charge in [0.25, 0.3) is 0 Å². The van der Waals surface area contributed by atoms with Gasteiger partial charge in [0.05, 0.1) is 5.69 Å². The van der Waals surface area contributed by atoms with Crippen LogP contribution in [0.25, 0.3) is 0 Å². The van der Waals surface area contributed by atoms with Crippen LogP contribution in [0.3, 0.4) is 0 Å². The molecular weight excluding hydrogens is 308 g/mol. The molecule has 134 valence electrons. The second kappa shape index (κ2) is 7.62. The molecule has 1 saturated carbocycles. The molecular formula is C20H29F2NO. The maximum Gasteiger partial charge on any atom is 0.233 e. The first-order chi connectivity index (χ1) is 11.3. The second-order valence-corrected chi connectivity index (χ2v) is 7.59. The SMILES string of the molecule is CCC(C)C(C)(C)C(=O)N(c1ccc(F)cc1F)C1CCCCC1. The van der Waals surface area contributed by atoms with Gasteiger partial charge in [-0.1, -0.05) is 53.4 Å². The molecule has 0 saturated heterocycles. The van der Waals surface area contributed by atoms with E-state index in [-0.39, 0.29) is 23.6 Å². The van der Waals surface area contributed by atoms with Crippen molar-refractivity contribution in [3.8, 4) is 0 Å². The fourth-order valence-electron chi connectivity index (χ4n) is 3.52. The van der Waals surface area contributed by atoms with Crippen LogP contribution in [-0.2, 0) is 4.79 Å². The Morgan fingerprint density at radius 2 is 1.88 bits per heavy atom. The number of amides is 1. The van der Waals surface area contributed by atoms with E-state index in [1.54, 1.807) is 4.90 Å². The van der Waals surface area contributed by atoms with Crippen LogP contribution in [0.4, 0.5) is 14.5 Å². The molecule has 1 aliphatic rings. The molecule has 0 bridgehead atoms. The highest BCUT2D eigenvalue weighted by atomic mass is 19.1. The van der Waals surface area contributed by atoms with Crippen molar-refractivity contribution in [3.63, 3.8) is 0 Å². The molecule has 1 aromatic rings. The van der Waals surface area contributed by atoms with Crippen LogP contribution in [-0.4, -0.2) is 11.9 Å². The van der Waals surface area contributed by atoms with Gasteiger partial charge in [0.15, 0.2) is 0 Å². The highest BCUT2D eigenvalue weighted by Crippen LogP contribution is 2.37. The van der Waals surface area contributed by atoms with Crippen molar-refractivity contribution in [2.24, 2.45) is 11.3 Å². The van der Waals surface area contributed by atoms with Gasteiger partial charge in [-0.3, -0.25) is 4.79 Å². The average molecular weight is 337 g/mol. The molecule has 0 radical (unpaired) electrons. The predicted molar refractivity (Wildman–Crippen MR) is 94.0 cm³/mol. The van der Waals surface area contributed by atoms with E-state index in [2.05, 4.69) is 13.8 Å². The molecule has 2 rings (SSSR count). The molecule has 1 unspecified atom stereocenters. The highest BCUT2D eigenvalue weighted by Gasteiger charge is 2.40. The van der Waals surface area contributed by atoms with E-state index in [1.165, 1.54) is 12.1 Å². The molecule has 1 aliphatic carbocycles. The van der Waals surface area contributed by atoms with Crippen LogP contribution in [0.2, 0.25) is 0 Å². The zero-order valence-electron chi connectivity index (χ0n) is 15.2. The molecule has 0 aliphatic heterocycles. The Labute approximate surface area is 144 Å². The summed E-state index contributed by atoms with van der Waals surface area (Å²) in [6, 6.07) is 3.51. The molecule has 0 heterocycles. The van der Waals surface area contributed by atoms with Gasteiger partial charge in [-0.25, -0.2) is 8.78 Å². The Morgan fingerprint density at radius 3 is 2.42 bits per heavy atom. The van der Waals surface area contributed by atoms with Crippen LogP contribution >= 0.6 is 0 Å². The molecule has 4 heteroatoms. The Bertz CT molecular complexity index is 579. The summed E-state index contributed by atoms with van der Waals surface area (Å²) in [5.74, 6) is -1.16. The topological polar surface area (TPSA) is 20.3 Å². The number of hydrogen-bond acceptors (Lipinski definition) is 1. The summed E-state index contributed by atoms with van der Waals surface area (Å²) in [4.78, 5) is 15.0. The summed E-state index contributed by atoms with van der Waals surface area (Å²) in [6.45, 7) is 7.97. The van der Waals surface area contributed by atoms with E-state index in [0.29, 0.717) is 0 Å². The van der Waals surface area contributed by atoms with Gasteiger partial charge in [0.1, 0.15) is 11.6 Å². The summed E-state index contributed by atoms with van der Waals surface area (Å²) < 4.78 is 27.8. The van der Waals surface area contributed by atoms with Gasteiger partial charge in [-0.2, -0.15) is 0 Å². The maximum absolute atomic E-state index is 14.5. The first-order valence-electron chi connectivity index (χ1n) is 9.07. The van der Waals surface area contributed by atoms with Crippen molar-refractivity contribution in [1.29, 1.82) is 0 Å². The smallest absolute Gasteiger partial charge is 0.233 e. The normalized spacial score (nSPS) is 17.6. The lowest BCUT2D eigenvalue weighted by Gasteiger charge is -2.41. The minimum atomic E-state index is -0.658. The molecule has 2 nitrogen and oxygen atoms in total. The third kappa shape index (κ3) is 3.79. The van der Waals surface area contributed by atoms with Gasteiger partial charge in [0.2, 0.25) is 5.91 Å². The summed E-state index contributed by atoms with van der Waals surface area (Å²) in [7, 11) is 0. The van der Waals surface area contributed by atoms with Crippen LogP contribution in [0.1, 0.15) is 66.2 Å². The lowest BCUT2D eigenvalue weighted by Crippen LogP contribution is -2.50. The van der Waals surface area contributed by atoms with Crippen molar-refractivity contribution in [2.75, 3.05) is 4.90 Å². The van der Waals surface area contributed by atoms with Crippen molar-refractivity contribution < 1.29 is 13.6 Å². The van der Waals surface area contributed by atoms with Gasteiger partial charge in [-0.05, 0) is 30.9 Å². The number of carbonyl (C=O) groups excluding carboxylic acids is 1. The van der Waals surface area contributed by atoms with Crippen LogP contribution in [0, 0.1) is 23.0 Å². The molecule has 1 amide bonds. The summed E-state index contributed by atoms with van der Waals surface area (Å²) >= 11 is 0. The quantitative estimate of drug-likeness (QED) is 0.674. The van der Waals surface area contributed by atoms with Gasteiger partial charge in [0, 0.05) is 17.5 Å². The number of benzene rings is 1. The first-order valence-corrected chi connectivity index (χ1v) is 9.07. The minimum Gasteiger partial charge on any atom is -0.306 e. The Morgan fingerprint density at radius 1 is 1.25 bits per heavy atom. The Kier molecular flexibility index (Phi) is 6.00. The molecule has 1 aromatic carbocycles. The Hall–Kier alpha value is -1.45. The third-order valence-electron chi connectivity index (χ3n) is 5.72.